The number of carbonyl (C=O) groups is 4. The maximum absolute atomic E-state index is 13.5. The van der Waals surface area contributed by atoms with E-state index >= 15 is 0 Å². The SMILES string of the molecule is CCCCN1C(=O)C(=C2Sc3c(O)c4c(c(O)c3S2)SC(=C2C(=O)N(CCCC)N(CCCC)C2=O)S4)C(=O)N1CCCC. The van der Waals surface area contributed by atoms with Crippen LogP contribution in [0.4, 0.5) is 0 Å². The number of carbonyl (C=O) groups excluding carboxylic acids is 4. The fourth-order valence-corrected chi connectivity index (χ4v) is 10.6. The van der Waals surface area contributed by atoms with Crippen molar-refractivity contribution in [2.75, 3.05) is 26.2 Å². The smallest absolute Gasteiger partial charge is 0.279 e. The van der Waals surface area contributed by atoms with Gasteiger partial charge in [-0.1, -0.05) is 100 Å². The lowest BCUT2D eigenvalue weighted by Gasteiger charge is -2.27. The highest BCUT2D eigenvalue weighted by atomic mass is 32.2. The van der Waals surface area contributed by atoms with Crippen LogP contribution in [-0.4, -0.2) is 80.1 Å². The highest BCUT2D eigenvalue weighted by Crippen LogP contribution is 2.68. The molecule has 0 aliphatic carbocycles. The molecule has 0 bridgehead atoms. The fourth-order valence-electron chi connectivity index (χ4n) is 5.24. The zero-order valence-electron chi connectivity index (χ0n) is 25.4. The van der Waals surface area contributed by atoms with E-state index < -0.39 is 0 Å². The Hall–Kier alpha value is -2.42. The van der Waals surface area contributed by atoms with Gasteiger partial charge in [0, 0.05) is 26.2 Å². The van der Waals surface area contributed by atoms with Crippen molar-refractivity contribution in [3.8, 4) is 11.5 Å². The number of unbranched alkanes of at least 4 members (excludes halogenated alkanes) is 4. The van der Waals surface area contributed by atoms with Gasteiger partial charge in [0.05, 0.1) is 28.1 Å². The summed E-state index contributed by atoms with van der Waals surface area (Å²) in [5.74, 6) is -1.63. The Kier molecular flexibility index (Phi) is 10.4. The van der Waals surface area contributed by atoms with Crippen molar-refractivity contribution in [1.29, 1.82) is 0 Å². The Balaban J connectivity index is 1.46. The molecule has 4 aliphatic rings. The normalized spacial score (nSPS) is 18.3. The Morgan fingerprint density at radius 2 is 0.682 bits per heavy atom. The van der Waals surface area contributed by atoms with Gasteiger partial charge in [-0.25, -0.2) is 20.0 Å². The lowest BCUT2D eigenvalue weighted by molar-refractivity contribution is -0.147. The summed E-state index contributed by atoms with van der Waals surface area (Å²) in [6, 6.07) is 0. The van der Waals surface area contributed by atoms with Crippen LogP contribution in [-0.2, 0) is 19.2 Å². The van der Waals surface area contributed by atoms with Gasteiger partial charge in [-0.05, 0) is 25.7 Å². The number of nitrogens with zero attached hydrogens (tertiary/aromatic N) is 4. The van der Waals surface area contributed by atoms with Crippen LogP contribution in [0, 0.1) is 0 Å². The molecule has 0 radical (unpaired) electrons. The second kappa shape index (κ2) is 13.9. The van der Waals surface area contributed by atoms with Crippen LogP contribution in [0.25, 0.3) is 0 Å². The van der Waals surface area contributed by atoms with Crippen molar-refractivity contribution < 1.29 is 29.4 Å². The molecule has 44 heavy (non-hydrogen) atoms. The van der Waals surface area contributed by atoms with Crippen molar-refractivity contribution in [1.82, 2.24) is 20.0 Å². The summed E-state index contributed by atoms with van der Waals surface area (Å²) in [6.45, 7) is 9.91. The van der Waals surface area contributed by atoms with Crippen LogP contribution in [0.15, 0.2) is 39.2 Å². The number of hydrogen-bond acceptors (Lipinski definition) is 10. The quantitative estimate of drug-likeness (QED) is 0.148. The predicted octanol–water partition coefficient (Wildman–Crippen LogP) is 6.29. The van der Waals surface area contributed by atoms with Gasteiger partial charge in [0.15, 0.2) is 0 Å². The highest BCUT2D eigenvalue weighted by molar-refractivity contribution is 8.26. The molecule has 2 N–H and O–H groups in total. The molecule has 4 heterocycles. The minimum absolute atomic E-state index is 0.0620. The van der Waals surface area contributed by atoms with Crippen LogP contribution >= 0.6 is 47.0 Å². The number of rotatable bonds is 12. The summed E-state index contributed by atoms with van der Waals surface area (Å²) in [4.78, 5) is 55.5. The van der Waals surface area contributed by atoms with Crippen molar-refractivity contribution >= 4 is 70.7 Å². The summed E-state index contributed by atoms with van der Waals surface area (Å²) in [6.07, 6.45) is 6.59. The number of phenols is 2. The number of phenolic OH excluding ortho intramolecular Hbond substituents is 2. The molecule has 238 valence electrons. The lowest BCUT2D eigenvalue weighted by atomic mass is 10.3. The fraction of sp³-hybridized carbons (Fsp3) is 0.533. The number of hydrogen-bond donors (Lipinski definition) is 2. The number of aromatic hydroxyl groups is 2. The van der Waals surface area contributed by atoms with Crippen molar-refractivity contribution in [2.24, 2.45) is 0 Å². The first kappa shape index (κ1) is 33.0. The average Bonchev–Trinajstić information content (AvgIpc) is 3.74. The van der Waals surface area contributed by atoms with E-state index in [1.807, 2.05) is 27.7 Å². The van der Waals surface area contributed by atoms with E-state index in [2.05, 4.69) is 0 Å². The van der Waals surface area contributed by atoms with Crippen molar-refractivity contribution in [3.05, 3.63) is 19.6 Å². The zero-order chi connectivity index (χ0) is 31.7. The summed E-state index contributed by atoms with van der Waals surface area (Å²) in [5, 5.41) is 28.9. The summed E-state index contributed by atoms with van der Waals surface area (Å²) < 4.78 is 0.857. The van der Waals surface area contributed by atoms with E-state index in [0.717, 1.165) is 98.4 Å². The molecule has 0 aromatic heterocycles. The molecule has 0 atom stereocenters. The van der Waals surface area contributed by atoms with Gasteiger partial charge in [0.2, 0.25) is 0 Å². The minimum Gasteiger partial charge on any atom is -0.505 e. The topological polar surface area (TPSA) is 122 Å². The summed E-state index contributed by atoms with van der Waals surface area (Å²) in [7, 11) is 0. The van der Waals surface area contributed by atoms with Crippen molar-refractivity contribution in [2.45, 2.75) is 98.6 Å². The third-order valence-electron chi connectivity index (χ3n) is 7.73. The van der Waals surface area contributed by atoms with Gasteiger partial charge in [-0.3, -0.25) is 19.2 Å². The Morgan fingerprint density at radius 1 is 0.455 bits per heavy atom. The first-order valence-electron chi connectivity index (χ1n) is 15.3. The number of fused-ring (bicyclic) bond motifs is 2. The standard InChI is InChI=1S/C30H38N4O6S4/c1-5-9-13-31-25(37)17(26(38)32(31)14-10-6-2)29-41-21-19(35)23-24(20(36)22(21)42-29)44-30(43-23)18-27(39)33(15-11-7-3)34(28(18)40)16-12-8-4/h35-36H,5-16H2,1-4H3. The molecular formula is C30H38N4O6S4. The number of thioether (sulfide) groups is 4. The third-order valence-corrected chi connectivity index (χ3v) is 13.0. The first-order chi connectivity index (χ1) is 21.2. The molecule has 4 amide bonds. The molecule has 0 unspecified atom stereocenters. The Bertz CT molecular complexity index is 1260. The van der Waals surface area contributed by atoms with Crippen LogP contribution in [0.3, 0.4) is 0 Å². The zero-order valence-corrected chi connectivity index (χ0v) is 28.7. The molecule has 1 aromatic rings. The summed E-state index contributed by atoms with van der Waals surface area (Å²) >= 11 is 4.41. The van der Waals surface area contributed by atoms with E-state index in [0.29, 0.717) is 54.2 Å². The second-order valence-electron chi connectivity index (χ2n) is 10.9. The lowest BCUT2D eigenvalue weighted by Crippen LogP contribution is -2.42. The molecule has 2 saturated heterocycles. The van der Waals surface area contributed by atoms with Crippen LogP contribution in [0.1, 0.15) is 79.1 Å². The number of hydrazine groups is 2. The number of benzene rings is 1. The van der Waals surface area contributed by atoms with E-state index in [-0.39, 0.29) is 46.3 Å². The molecule has 1 aromatic carbocycles. The van der Waals surface area contributed by atoms with Gasteiger partial charge < -0.3 is 10.2 Å². The minimum atomic E-state index is -0.358. The largest absolute Gasteiger partial charge is 0.505 e. The number of amides is 4. The summed E-state index contributed by atoms with van der Waals surface area (Å²) in [5.41, 5.74) is 0.124. The molecule has 14 heteroatoms. The maximum Gasteiger partial charge on any atom is 0.279 e. The highest BCUT2D eigenvalue weighted by Gasteiger charge is 2.47. The maximum atomic E-state index is 13.5. The van der Waals surface area contributed by atoms with E-state index in [1.165, 1.54) is 20.0 Å². The predicted molar refractivity (Wildman–Crippen MR) is 174 cm³/mol. The molecule has 5 rings (SSSR count). The third kappa shape index (κ3) is 5.71. The average molecular weight is 679 g/mol. The molecule has 2 fully saturated rings. The van der Waals surface area contributed by atoms with Gasteiger partial charge in [-0.15, -0.1) is 0 Å². The van der Waals surface area contributed by atoms with Crippen molar-refractivity contribution in [3.63, 3.8) is 0 Å². The second-order valence-corrected chi connectivity index (χ2v) is 15.5. The van der Waals surface area contributed by atoms with E-state index in [4.69, 9.17) is 0 Å². The van der Waals surface area contributed by atoms with E-state index in [9.17, 15) is 29.4 Å². The van der Waals surface area contributed by atoms with Crippen LogP contribution in [0.2, 0.25) is 0 Å². The monoisotopic (exact) mass is 678 g/mol. The molecule has 0 saturated carbocycles. The van der Waals surface area contributed by atoms with E-state index in [1.54, 1.807) is 0 Å². The molecule has 10 nitrogen and oxygen atoms in total. The first-order valence-corrected chi connectivity index (χ1v) is 18.6. The Labute approximate surface area is 274 Å². The molecule has 0 spiro atoms. The van der Waals surface area contributed by atoms with Crippen LogP contribution < -0.4 is 0 Å². The van der Waals surface area contributed by atoms with Gasteiger partial charge in [0.25, 0.3) is 23.6 Å². The molecular weight excluding hydrogens is 641 g/mol. The van der Waals surface area contributed by atoms with Gasteiger partial charge >= 0.3 is 0 Å². The van der Waals surface area contributed by atoms with Crippen LogP contribution in [0.5, 0.6) is 11.5 Å². The molecule has 4 aliphatic heterocycles. The van der Waals surface area contributed by atoms with Gasteiger partial charge in [0.1, 0.15) is 22.6 Å². The Morgan fingerprint density at radius 3 is 0.886 bits per heavy atom. The van der Waals surface area contributed by atoms with Gasteiger partial charge in [-0.2, -0.15) is 0 Å².